The van der Waals surface area contributed by atoms with Crippen molar-refractivity contribution in [3.05, 3.63) is 24.8 Å². The van der Waals surface area contributed by atoms with Crippen LogP contribution < -0.4 is 0 Å². The molecular weight excluding hydrogens is 214 g/mol. The van der Waals surface area contributed by atoms with E-state index in [0.717, 1.165) is 0 Å². The zero-order valence-corrected chi connectivity index (χ0v) is 12.1. The molecule has 0 saturated carbocycles. The SMILES string of the molecule is C=CCC(O[Si](C)(C)C(C)(C)C)C(=C)C#N. The molecule has 90 valence electrons. The Labute approximate surface area is 101 Å². The molecule has 0 aliphatic rings. The van der Waals surface area contributed by atoms with E-state index in [1.807, 2.05) is 0 Å². The third-order valence-electron chi connectivity index (χ3n) is 3.16. The predicted molar refractivity (Wildman–Crippen MR) is 71.6 cm³/mol. The Morgan fingerprint density at radius 1 is 1.50 bits per heavy atom. The second kappa shape index (κ2) is 5.47. The van der Waals surface area contributed by atoms with Gasteiger partial charge in [-0.2, -0.15) is 5.26 Å². The number of nitriles is 1. The summed E-state index contributed by atoms with van der Waals surface area (Å²) in [6.45, 7) is 18.3. The van der Waals surface area contributed by atoms with Crippen LogP contribution in [0.1, 0.15) is 27.2 Å². The zero-order chi connectivity index (χ0) is 13.0. The first kappa shape index (κ1) is 15.1. The Hall–Kier alpha value is -0.853. The van der Waals surface area contributed by atoms with Gasteiger partial charge in [0.15, 0.2) is 8.32 Å². The molecule has 0 spiro atoms. The van der Waals surface area contributed by atoms with Crippen LogP contribution in [0.2, 0.25) is 18.1 Å². The molecule has 0 bridgehead atoms. The Morgan fingerprint density at radius 2 is 2.00 bits per heavy atom. The third-order valence-corrected chi connectivity index (χ3v) is 7.64. The van der Waals surface area contributed by atoms with Crippen LogP contribution in [0.4, 0.5) is 0 Å². The third kappa shape index (κ3) is 3.95. The van der Waals surface area contributed by atoms with E-state index in [1.165, 1.54) is 0 Å². The fourth-order valence-corrected chi connectivity index (χ4v) is 2.32. The van der Waals surface area contributed by atoms with E-state index in [0.29, 0.717) is 12.0 Å². The van der Waals surface area contributed by atoms with Gasteiger partial charge in [0.05, 0.1) is 17.7 Å². The molecule has 16 heavy (non-hydrogen) atoms. The second-order valence-electron chi connectivity index (χ2n) is 5.53. The maximum Gasteiger partial charge on any atom is 0.192 e. The lowest BCUT2D eigenvalue weighted by molar-refractivity contribution is 0.221. The van der Waals surface area contributed by atoms with Crippen molar-refractivity contribution in [1.82, 2.24) is 0 Å². The average Bonchev–Trinajstić information content (AvgIpc) is 2.14. The lowest BCUT2D eigenvalue weighted by Gasteiger charge is -2.39. The standard InChI is InChI=1S/C13H23NOSi/c1-8-9-12(11(2)10-14)15-16(6,7)13(3,4)5/h8,12H,1-2,9H2,3-7H3. The number of nitrogens with zero attached hydrogens (tertiary/aromatic N) is 1. The van der Waals surface area contributed by atoms with E-state index < -0.39 is 8.32 Å². The van der Waals surface area contributed by atoms with E-state index in [-0.39, 0.29) is 11.1 Å². The largest absolute Gasteiger partial charge is 0.409 e. The van der Waals surface area contributed by atoms with Gasteiger partial charge in [0.2, 0.25) is 0 Å². The average molecular weight is 237 g/mol. The monoisotopic (exact) mass is 237 g/mol. The number of hydrogen-bond acceptors (Lipinski definition) is 2. The van der Waals surface area contributed by atoms with Gasteiger partial charge in [0.25, 0.3) is 0 Å². The molecule has 1 atom stereocenters. The molecule has 0 heterocycles. The first-order valence-electron chi connectivity index (χ1n) is 5.53. The first-order valence-corrected chi connectivity index (χ1v) is 8.44. The molecule has 0 aromatic rings. The summed E-state index contributed by atoms with van der Waals surface area (Å²) < 4.78 is 6.14. The van der Waals surface area contributed by atoms with Crippen LogP contribution in [0.15, 0.2) is 24.8 Å². The molecule has 0 radical (unpaired) electrons. The minimum atomic E-state index is -1.84. The lowest BCUT2D eigenvalue weighted by Crippen LogP contribution is -2.44. The number of hydrogen-bond donors (Lipinski definition) is 0. The highest BCUT2D eigenvalue weighted by atomic mass is 28.4. The molecule has 0 aromatic carbocycles. The van der Waals surface area contributed by atoms with Crippen molar-refractivity contribution in [3.63, 3.8) is 0 Å². The molecule has 0 saturated heterocycles. The Kier molecular flexibility index (Phi) is 5.18. The van der Waals surface area contributed by atoms with E-state index in [1.54, 1.807) is 6.08 Å². The van der Waals surface area contributed by atoms with Crippen molar-refractivity contribution >= 4 is 8.32 Å². The minimum absolute atomic E-state index is 0.141. The molecule has 0 amide bonds. The van der Waals surface area contributed by atoms with E-state index in [9.17, 15) is 0 Å². The highest BCUT2D eigenvalue weighted by Crippen LogP contribution is 2.38. The molecule has 0 rings (SSSR count). The molecule has 0 fully saturated rings. The first-order chi connectivity index (χ1) is 7.15. The molecular formula is C13H23NOSi. The van der Waals surface area contributed by atoms with Gasteiger partial charge in [-0.05, 0) is 24.6 Å². The van der Waals surface area contributed by atoms with Gasteiger partial charge in [-0.15, -0.1) is 6.58 Å². The molecule has 1 unspecified atom stereocenters. The summed E-state index contributed by atoms with van der Waals surface area (Å²) >= 11 is 0. The fraction of sp³-hybridized carbons (Fsp3) is 0.615. The van der Waals surface area contributed by atoms with Gasteiger partial charge < -0.3 is 4.43 Å². The second-order valence-corrected chi connectivity index (χ2v) is 10.3. The van der Waals surface area contributed by atoms with Crippen molar-refractivity contribution in [2.24, 2.45) is 0 Å². The maximum atomic E-state index is 8.88. The van der Waals surface area contributed by atoms with Crippen LogP contribution >= 0.6 is 0 Å². The topological polar surface area (TPSA) is 33.0 Å². The summed E-state index contributed by atoms with van der Waals surface area (Å²) in [5, 5.41) is 9.02. The molecule has 0 aliphatic carbocycles. The summed E-state index contributed by atoms with van der Waals surface area (Å²) in [5.41, 5.74) is 0.490. The van der Waals surface area contributed by atoms with Gasteiger partial charge in [-0.1, -0.05) is 33.4 Å². The summed E-state index contributed by atoms with van der Waals surface area (Å²) in [6, 6.07) is 2.08. The van der Waals surface area contributed by atoms with E-state index >= 15 is 0 Å². The van der Waals surface area contributed by atoms with Crippen LogP contribution in [0.3, 0.4) is 0 Å². The van der Waals surface area contributed by atoms with Crippen LogP contribution in [0.5, 0.6) is 0 Å². The molecule has 0 aliphatic heterocycles. The quantitative estimate of drug-likeness (QED) is 0.411. The van der Waals surface area contributed by atoms with Crippen molar-refractivity contribution in [2.75, 3.05) is 0 Å². The van der Waals surface area contributed by atoms with Crippen LogP contribution in [0, 0.1) is 11.3 Å². The minimum Gasteiger partial charge on any atom is -0.409 e. The van der Waals surface area contributed by atoms with Gasteiger partial charge in [0, 0.05) is 0 Å². The van der Waals surface area contributed by atoms with Crippen molar-refractivity contribution < 1.29 is 4.43 Å². The summed E-state index contributed by atoms with van der Waals surface area (Å²) in [4.78, 5) is 0. The molecule has 0 aromatic heterocycles. The van der Waals surface area contributed by atoms with Crippen LogP contribution in [0.25, 0.3) is 0 Å². The van der Waals surface area contributed by atoms with Crippen LogP contribution in [-0.4, -0.2) is 14.4 Å². The highest BCUT2D eigenvalue weighted by molar-refractivity contribution is 6.74. The van der Waals surface area contributed by atoms with Crippen molar-refractivity contribution in [2.45, 2.75) is 51.4 Å². The van der Waals surface area contributed by atoms with E-state index in [4.69, 9.17) is 9.69 Å². The Morgan fingerprint density at radius 3 is 2.31 bits per heavy atom. The zero-order valence-electron chi connectivity index (χ0n) is 11.1. The molecule has 3 heteroatoms. The van der Waals surface area contributed by atoms with Gasteiger partial charge >= 0.3 is 0 Å². The lowest BCUT2D eigenvalue weighted by atomic mass is 10.1. The smallest absolute Gasteiger partial charge is 0.192 e. The summed E-state index contributed by atoms with van der Waals surface area (Å²) in [7, 11) is -1.84. The molecule has 0 N–H and O–H groups in total. The summed E-state index contributed by atoms with van der Waals surface area (Å²) in [6.07, 6.45) is 2.22. The normalized spacial score (nSPS) is 14.0. The van der Waals surface area contributed by atoms with Gasteiger partial charge in [-0.3, -0.25) is 0 Å². The Bertz CT molecular complexity index is 307. The summed E-state index contributed by atoms with van der Waals surface area (Å²) in [5.74, 6) is 0. The van der Waals surface area contributed by atoms with Gasteiger partial charge in [0.1, 0.15) is 0 Å². The fourth-order valence-electron chi connectivity index (χ4n) is 1.02. The maximum absolute atomic E-state index is 8.88. The molecule has 2 nitrogen and oxygen atoms in total. The van der Waals surface area contributed by atoms with Crippen molar-refractivity contribution in [1.29, 1.82) is 5.26 Å². The highest BCUT2D eigenvalue weighted by Gasteiger charge is 2.39. The van der Waals surface area contributed by atoms with Gasteiger partial charge in [-0.25, -0.2) is 0 Å². The van der Waals surface area contributed by atoms with Crippen LogP contribution in [-0.2, 0) is 4.43 Å². The van der Waals surface area contributed by atoms with E-state index in [2.05, 4.69) is 53.1 Å². The number of rotatable bonds is 5. The predicted octanol–water partition coefficient (Wildman–Crippen LogP) is 4.03. The van der Waals surface area contributed by atoms with Crippen molar-refractivity contribution in [3.8, 4) is 6.07 Å². The Balaban J connectivity index is 4.83.